The number of aliphatic hydroxyl groups is 1. The average Bonchev–Trinajstić information content (AvgIpc) is 2.60. The summed E-state index contributed by atoms with van der Waals surface area (Å²) in [4.78, 5) is 57.9. The van der Waals surface area contributed by atoms with E-state index in [1.54, 1.807) is 6.92 Å². The Kier molecular flexibility index (Phi) is 9.48. The first-order valence-electron chi connectivity index (χ1n) is 8.81. The molecule has 0 aromatic heterocycles. The third-order valence-corrected chi connectivity index (χ3v) is 3.67. The van der Waals surface area contributed by atoms with Crippen molar-refractivity contribution in [3.8, 4) is 0 Å². The maximum absolute atomic E-state index is 12.4. The molecule has 0 spiro atoms. The van der Waals surface area contributed by atoms with Gasteiger partial charge in [-0.2, -0.15) is 0 Å². The number of nitrogens with one attached hydrogen (secondary N) is 1. The van der Waals surface area contributed by atoms with Crippen molar-refractivity contribution in [1.82, 2.24) is 5.32 Å². The maximum Gasteiger partial charge on any atom is 0.325 e. The Morgan fingerprint density at radius 2 is 1.69 bits per heavy atom. The van der Waals surface area contributed by atoms with E-state index in [2.05, 4.69) is 10.1 Å². The zero-order valence-electron chi connectivity index (χ0n) is 16.5. The minimum Gasteiger partial charge on any atom is -0.465 e. The van der Waals surface area contributed by atoms with Crippen LogP contribution >= 0.6 is 0 Å². The van der Waals surface area contributed by atoms with Crippen molar-refractivity contribution in [2.75, 3.05) is 19.8 Å². The fourth-order valence-electron chi connectivity index (χ4n) is 2.64. The maximum atomic E-state index is 12.4. The van der Waals surface area contributed by atoms with E-state index in [-0.39, 0.29) is 13.2 Å². The van der Waals surface area contributed by atoms with Crippen molar-refractivity contribution >= 4 is 29.8 Å². The molecule has 0 saturated carbocycles. The molecule has 1 amide bonds. The lowest BCUT2D eigenvalue weighted by molar-refractivity contribution is -0.233. The van der Waals surface area contributed by atoms with E-state index in [0.717, 1.165) is 20.8 Å². The van der Waals surface area contributed by atoms with Crippen LogP contribution in [0.3, 0.4) is 0 Å². The van der Waals surface area contributed by atoms with Crippen LogP contribution in [0.4, 0.5) is 0 Å². The molecule has 5 atom stereocenters. The fraction of sp³-hybridized carbons (Fsp3) is 0.706. The topological polar surface area (TPSA) is 164 Å². The highest BCUT2D eigenvalue weighted by atomic mass is 16.6. The highest BCUT2D eigenvalue weighted by molar-refractivity contribution is 5.87. The highest BCUT2D eigenvalue weighted by Gasteiger charge is 2.49. The molecule has 12 nitrogen and oxygen atoms in total. The van der Waals surface area contributed by atoms with E-state index in [9.17, 15) is 29.1 Å². The van der Waals surface area contributed by atoms with Gasteiger partial charge in [0.05, 0.1) is 13.2 Å². The fourth-order valence-corrected chi connectivity index (χ4v) is 2.64. The molecule has 0 aromatic rings. The number of carbonyl (C=O) groups excluding carboxylic acids is 5. The third-order valence-electron chi connectivity index (χ3n) is 3.67. The zero-order valence-corrected chi connectivity index (χ0v) is 16.5. The molecule has 1 fully saturated rings. The number of hydrogen-bond donors (Lipinski definition) is 2. The summed E-state index contributed by atoms with van der Waals surface area (Å²) >= 11 is 0. The van der Waals surface area contributed by atoms with E-state index in [1.807, 2.05) is 0 Å². The van der Waals surface area contributed by atoms with Crippen LogP contribution in [-0.4, -0.2) is 85.2 Å². The van der Waals surface area contributed by atoms with Gasteiger partial charge in [-0.15, -0.1) is 0 Å². The van der Waals surface area contributed by atoms with Crippen LogP contribution in [0, 0.1) is 0 Å². The molecule has 1 aliphatic rings. The molecule has 29 heavy (non-hydrogen) atoms. The lowest BCUT2D eigenvalue weighted by atomic mass is 9.95. The summed E-state index contributed by atoms with van der Waals surface area (Å²) in [6.07, 6.45) is -7.32. The first-order chi connectivity index (χ1) is 13.6. The minimum absolute atomic E-state index is 0.105. The van der Waals surface area contributed by atoms with Crippen molar-refractivity contribution < 1.29 is 52.8 Å². The predicted octanol–water partition coefficient (Wildman–Crippen LogP) is -1.78. The van der Waals surface area contributed by atoms with Crippen molar-refractivity contribution in [2.45, 2.75) is 58.2 Å². The van der Waals surface area contributed by atoms with Crippen molar-refractivity contribution in [3.05, 3.63) is 0 Å². The molecule has 0 radical (unpaired) electrons. The molecule has 0 aliphatic carbocycles. The van der Waals surface area contributed by atoms with Gasteiger partial charge in [0.25, 0.3) is 5.91 Å². The molecule has 1 aliphatic heterocycles. The van der Waals surface area contributed by atoms with Gasteiger partial charge >= 0.3 is 23.9 Å². The molecular formula is C17H25NO11. The number of amides is 1. The van der Waals surface area contributed by atoms with E-state index >= 15 is 0 Å². The second kappa shape index (κ2) is 11.3. The monoisotopic (exact) mass is 419 g/mol. The standard InChI is InChI=1S/C17H25NO11/c1-5-25-12(22)6-18-17(24)16(29-10(4)21)15-13(23)14(28-9(3)20)11(7-26-15)27-8(2)19/h11,13-16,23H,5-7H2,1-4H3,(H,18,24)/t11-,13-,14+,15?,16?/m1/s1. The van der Waals surface area contributed by atoms with E-state index in [0.29, 0.717) is 0 Å². The Labute approximate surface area is 166 Å². The predicted molar refractivity (Wildman–Crippen MR) is 92.1 cm³/mol. The zero-order chi connectivity index (χ0) is 22.1. The molecule has 2 unspecified atom stereocenters. The summed E-state index contributed by atoms with van der Waals surface area (Å²) in [6.45, 7) is 4.08. The normalized spacial score (nSPS) is 24.6. The SMILES string of the molecule is CCOC(=O)CNC(=O)C(OC(C)=O)C1OC[C@@H](OC(C)=O)[C@H](OC(C)=O)[C@H]1O. The van der Waals surface area contributed by atoms with E-state index < -0.39 is 66.8 Å². The Morgan fingerprint density at radius 3 is 2.21 bits per heavy atom. The number of hydrogen-bond acceptors (Lipinski definition) is 11. The van der Waals surface area contributed by atoms with Crippen molar-refractivity contribution in [1.29, 1.82) is 0 Å². The van der Waals surface area contributed by atoms with Gasteiger partial charge in [0.1, 0.15) is 18.8 Å². The summed E-state index contributed by atoms with van der Waals surface area (Å²) in [5.74, 6) is -4.00. The largest absolute Gasteiger partial charge is 0.465 e. The van der Waals surface area contributed by atoms with Gasteiger partial charge in [-0.1, -0.05) is 0 Å². The highest BCUT2D eigenvalue weighted by Crippen LogP contribution is 2.25. The third kappa shape index (κ3) is 7.66. The molecule has 0 bridgehead atoms. The molecule has 0 aromatic carbocycles. The molecule has 1 rings (SSSR count). The van der Waals surface area contributed by atoms with Gasteiger partial charge < -0.3 is 34.1 Å². The van der Waals surface area contributed by atoms with Crippen LogP contribution in [0.25, 0.3) is 0 Å². The van der Waals surface area contributed by atoms with Crippen molar-refractivity contribution in [2.24, 2.45) is 0 Å². The molecule has 2 N–H and O–H groups in total. The summed E-state index contributed by atoms with van der Waals surface area (Å²) in [5, 5.41) is 12.8. The second-order valence-electron chi connectivity index (χ2n) is 6.06. The smallest absolute Gasteiger partial charge is 0.325 e. The van der Waals surface area contributed by atoms with E-state index in [1.165, 1.54) is 0 Å². The summed E-state index contributed by atoms with van der Waals surface area (Å²) in [6, 6.07) is 0. The van der Waals surface area contributed by atoms with Gasteiger partial charge in [-0.05, 0) is 6.92 Å². The number of rotatable bonds is 8. The van der Waals surface area contributed by atoms with Gasteiger partial charge in [0.2, 0.25) is 6.10 Å². The number of carbonyl (C=O) groups is 5. The Morgan fingerprint density at radius 1 is 1.07 bits per heavy atom. The average molecular weight is 419 g/mol. The Balaban J connectivity index is 3.00. The van der Waals surface area contributed by atoms with Crippen molar-refractivity contribution in [3.63, 3.8) is 0 Å². The first-order valence-corrected chi connectivity index (χ1v) is 8.81. The molecule has 1 heterocycles. The van der Waals surface area contributed by atoms with Crippen LogP contribution in [-0.2, 0) is 47.7 Å². The lowest BCUT2D eigenvalue weighted by Gasteiger charge is -2.40. The van der Waals surface area contributed by atoms with Gasteiger partial charge in [0.15, 0.2) is 12.2 Å². The molecule has 1 saturated heterocycles. The first kappa shape index (κ1) is 24.3. The van der Waals surface area contributed by atoms with Gasteiger partial charge in [-0.3, -0.25) is 24.0 Å². The Hall–Kier alpha value is -2.73. The summed E-state index contributed by atoms with van der Waals surface area (Å²) in [5.41, 5.74) is 0. The van der Waals surface area contributed by atoms with Crippen LogP contribution in [0.2, 0.25) is 0 Å². The quantitative estimate of drug-likeness (QED) is 0.338. The Bertz CT molecular complexity index is 635. The number of ether oxygens (including phenoxy) is 5. The number of esters is 4. The van der Waals surface area contributed by atoms with Crippen LogP contribution < -0.4 is 5.32 Å². The van der Waals surface area contributed by atoms with Gasteiger partial charge in [-0.25, -0.2) is 0 Å². The number of aliphatic hydroxyl groups excluding tert-OH is 1. The summed E-state index contributed by atoms with van der Waals surface area (Å²) < 4.78 is 25.0. The minimum atomic E-state index is -1.69. The van der Waals surface area contributed by atoms with Crippen LogP contribution in [0.5, 0.6) is 0 Å². The lowest BCUT2D eigenvalue weighted by Crippen LogP contribution is -2.62. The van der Waals surface area contributed by atoms with Crippen LogP contribution in [0.1, 0.15) is 27.7 Å². The van der Waals surface area contributed by atoms with Gasteiger partial charge in [0, 0.05) is 20.8 Å². The summed E-state index contributed by atoms with van der Waals surface area (Å²) in [7, 11) is 0. The van der Waals surface area contributed by atoms with E-state index in [4.69, 9.17) is 18.9 Å². The molecular weight excluding hydrogens is 394 g/mol. The molecule has 164 valence electrons. The van der Waals surface area contributed by atoms with Crippen LogP contribution in [0.15, 0.2) is 0 Å². The second-order valence-corrected chi connectivity index (χ2v) is 6.06. The molecule has 12 heteroatoms.